The molecule has 1 amide bonds. The first-order chi connectivity index (χ1) is 12.7. The third-order valence-electron chi connectivity index (χ3n) is 4.56. The van der Waals surface area contributed by atoms with E-state index in [1.165, 1.54) is 18.4 Å². The van der Waals surface area contributed by atoms with Crippen molar-refractivity contribution in [2.45, 2.75) is 25.3 Å². The molecule has 2 aromatic heterocycles. The highest BCUT2D eigenvalue weighted by Gasteiger charge is 2.31. The van der Waals surface area contributed by atoms with Gasteiger partial charge in [0.25, 0.3) is 5.91 Å². The van der Waals surface area contributed by atoms with E-state index in [0.717, 1.165) is 34.5 Å². The number of amides is 1. The molecule has 1 aliphatic heterocycles. The average molecular weight is 386 g/mol. The van der Waals surface area contributed by atoms with Crippen LogP contribution < -0.4 is 0 Å². The van der Waals surface area contributed by atoms with Gasteiger partial charge in [0.2, 0.25) is 0 Å². The number of piperidine rings is 1. The van der Waals surface area contributed by atoms with Gasteiger partial charge in [-0.2, -0.15) is 0 Å². The molecule has 0 spiro atoms. The van der Waals surface area contributed by atoms with Gasteiger partial charge in [-0.3, -0.25) is 4.79 Å². The lowest BCUT2D eigenvalue weighted by molar-refractivity contribution is 0.0603. The number of nitrogens with zero attached hydrogens (tertiary/aromatic N) is 2. The van der Waals surface area contributed by atoms with Crippen molar-refractivity contribution >= 4 is 44.8 Å². The quantitative estimate of drug-likeness (QED) is 0.621. The topological polar surface area (TPSA) is 59.5 Å². The first-order valence-corrected chi connectivity index (χ1v) is 10.2. The summed E-state index contributed by atoms with van der Waals surface area (Å²) in [7, 11) is 1.34. The van der Waals surface area contributed by atoms with Crippen molar-refractivity contribution in [3.8, 4) is 0 Å². The summed E-state index contributed by atoms with van der Waals surface area (Å²) in [5, 5.41) is 0.990. The Morgan fingerprint density at radius 3 is 2.73 bits per heavy atom. The Labute approximate surface area is 159 Å². The third-order valence-corrected chi connectivity index (χ3v) is 6.75. The van der Waals surface area contributed by atoms with E-state index in [1.807, 2.05) is 23.1 Å². The fourth-order valence-corrected chi connectivity index (χ4v) is 5.26. The largest absolute Gasteiger partial charge is 0.465 e. The van der Waals surface area contributed by atoms with Gasteiger partial charge < -0.3 is 9.64 Å². The molecule has 26 heavy (non-hydrogen) atoms. The Balaban J connectivity index is 1.63. The zero-order valence-corrected chi connectivity index (χ0v) is 15.9. The van der Waals surface area contributed by atoms with E-state index < -0.39 is 5.97 Å². The molecular formula is C19H18N2O3S2. The molecule has 7 heteroatoms. The number of ether oxygens (including phenoxy) is 1. The molecule has 134 valence electrons. The fourth-order valence-electron chi connectivity index (χ4n) is 3.27. The van der Waals surface area contributed by atoms with Crippen LogP contribution in [0, 0.1) is 0 Å². The normalized spacial score (nSPS) is 17.4. The number of benzene rings is 1. The van der Waals surface area contributed by atoms with Gasteiger partial charge in [-0.1, -0.05) is 12.1 Å². The summed E-state index contributed by atoms with van der Waals surface area (Å²) in [4.78, 5) is 32.4. The average Bonchev–Trinajstić information content (AvgIpc) is 3.34. The number of likely N-dealkylation sites (tertiary alicyclic amines) is 1. The first-order valence-electron chi connectivity index (χ1n) is 8.52. The highest BCUT2D eigenvalue weighted by molar-refractivity contribution is 7.18. The van der Waals surface area contributed by atoms with Gasteiger partial charge in [0.1, 0.15) is 9.88 Å². The first kappa shape index (κ1) is 17.2. The molecule has 5 nitrogen and oxygen atoms in total. The van der Waals surface area contributed by atoms with Crippen LogP contribution in [-0.4, -0.2) is 35.4 Å². The molecule has 1 saturated heterocycles. The Morgan fingerprint density at radius 2 is 1.92 bits per heavy atom. The second-order valence-corrected chi connectivity index (χ2v) is 8.33. The number of thiophene rings is 1. The van der Waals surface area contributed by atoms with Crippen molar-refractivity contribution in [1.82, 2.24) is 9.88 Å². The minimum atomic E-state index is -0.407. The molecule has 3 heterocycles. The van der Waals surface area contributed by atoms with Gasteiger partial charge >= 0.3 is 5.97 Å². The number of carbonyl (C=O) groups excluding carboxylic acids is 2. The Morgan fingerprint density at radius 1 is 1.12 bits per heavy atom. The van der Waals surface area contributed by atoms with E-state index in [2.05, 4.69) is 6.07 Å². The summed E-state index contributed by atoms with van der Waals surface area (Å²) in [6.07, 6.45) is 2.99. The number of thiazole rings is 1. The second-order valence-electron chi connectivity index (χ2n) is 6.19. The van der Waals surface area contributed by atoms with Crippen LogP contribution in [0.25, 0.3) is 10.2 Å². The summed E-state index contributed by atoms with van der Waals surface area (Å²) in [5.74, 6) is -0.440. The minimum absolute atomic E-state index is 0.00248. The van der Waals surface area contributed by atoms with Gasteiger partial charge in [0.15, 0.2) is 0 Å². The van der Waals surface area contributed by atoms with Crippen LogP contribution in [0.15, 0.2) is 36.4 Å². The van der Waals surface area contributed by atoms with Crippen molar-refractivity contribution in [3.05, 3.63) is 51.2 Å². The fraction of sp³-hybridized carbons (Fsp3) is 0.316. The molecule has 1 aromatic carbocycles. The van der Waals surface area contributed by atoms with Crippen LogP contribution in [0.1, 0.15) is 49.7 Å². The molecule has 3 aromatic rings. The number of esters is 1. The van der Waals surface area contributed by atoms with Crippen molar-refractivity contribution in [3.63, 3.8) is 0 Å². The number of carbonyl (C=O) groups is 2. The maximum absolute atomic E-state index is 13.1. The van der Waals surface area contributed by atoms with Gasteiger partial charge in [-0.25, -0.2) is 9.78 Å². The smallest absolute Gasteiger partial charge is 0.348 e. The molecular weight excluding hydrogens is 368 g/mol. The molecule has 0 N–H and O–H groups in total. The summed E-state index contributed by atoms with van der Waals surface area (Å²) in [6.45, 7) is 0.713. The Bertz CT molecular complexity index is 930. The SMILES string of the molecule is COC(=O)c1ccc(C(=O)N2CCCCC2c2nc3ccccc3s2)s1. The van der Waals surface area contributed by atoms with E-state index in [4.69, 9.17) is 9.72 Å². The summed E-state index contributed by atoms with van der Waals surface area (Å²) >= 11 is 2.84. The van der Waals surface area contributed by atoms with Crippen LogP contribution >= 0.6 is 22.7 Å². The van der Waals surface area contributed by atoms with Crippen molar-refractivity contribution in [1.29, 1.82) is 0 Å². The molecule has 1 atom stereocenters. The summed E-state index contributed by atoms with van der Waals surface area (Å²) in [5.41, 5.74) is 0.981. The number of aromatic nitrogens is 1. The molecule has 1 fully saturated rings. The zero-order valence-electron chi connectivity index (χ0n) is 14.3. The highest BCUT2D eigenvalue weighted by Crippen LogP contribution is 2.37. The zero-order chi connectivity index (χ0) is 18.1. The van der Waals surface area contributed by atoms with Crippen molar-refractivity contribution < 1.29 is 14.3 Å². The van der Waals surface area contributed by atoms with Crippen LogP contribution in [0.4, 0.5) is 0 Å². The van der Waals surface area contributed by atoms with E-state index in [1.54, 1.807) is 23.5 Å². The predicted octanol–water partition coefficient (Wildman–Crippen LogP) is 4.51. The van der Waals surface area contributed by atoms with Gasteiger partial charge in [-0.15, -0.1) is 22.7 Å². The second kappa shape index (κ2) is 7.17. The van der Waals surface area contributed by atoms with E-state index in [9.17, 15) is 9.59 Å². The molecule has 1 unspecified atom stereocenters. The number of fused-ring (bicyclic) bond motifs is 1. The van der Waals surface area contributed by atoms with Crippen LogP contribution in [0.3, 0.4) is 0 Å². The molecule has 0 saturated carbocycles. The monoisotopic (exact) mass is 386 g/mol. The molecule has 4 rings (SSSR count). The number of hydrogen-bond acceptors (Lipinski definition) is 6. The van der Waals surface area contributed by atoms with Crippen LogP contribution in [-0.2, 0) is 4.74 Å². The molecule has 0 bridgehead atoms. The standard InChI is InChI=1S/C19H18N2O3S2/c1-24-19(23)16-10-9-15(25-16)18(22)21-11-5-4-7-13(21)17-20-12-6-2-3-8-14(12)26-17/h2-3,6,8-10,13H,4-5,7,11H2,1H3. The minimum Gasteiger partial charge on any atom is -0.465 e. The van der Waals surface area contributed by atoms with Crippen molar-refractivity contribution in [2.24, 2.45) is 0 Å². The van der Waals surface area contributed by atoms with Crippen LogP contribution in [0.5, 0.6) is 0 Å². The van der Waals surface area contributed by atoms with Gasteiger partial charge in [0, 0.05) is 6.54 Å². The van der Waals surface area contributed by atoms with Crippen molar-refractivity contribution in [2.75, 3.05) is 13.7 Å². The van der Waals surface area contributed by atoms with E-state index >= 15 is 0 Å². The number of methoxy groups -OCH3 is 1. The van der Waals surface area contributed by atoms with Gasteiger partial charge in [0.05, 0.1) is 28.2 Å². The maximum atomic E-state index is 13.1. The molecule has 0 aliphatic carbocycles. The van der Waals surface area contributed by atoms with E-state index in [-0.39, 0.29) is 11.9 Å². The molecule has 1 aliphatic rings. The summed E-state index contributed by atoms with van der Waals surface area (Å²) in [6, 6.07) is 11.4. The third kappa shape index (κ3) is 3.12. The lowest BCUT2D eigenvalue weighted by Crippen LogP contribution is -2.38. The highest BCUT2D eigenvalue weighted by atomic mass is 32.1. The lowest BCUT2D eigenvalue weighted by atomic mass is 10.0. The number of rotatable bonds is 3. The van der Waals surface area contributed by atoms with Gasteiger partial charge in [-0.05, 0) is 43.5 Å². The van der Waals surface area contributed by atoms with Crippen LogP contribution in [0.2, 0.25) is 0 Å². The Kier molecular flexibility index (Phi) is 4.74. The Hall–Kier alpha value is -2.25. The number of hydrogen-bond donors (Lipinski definition) is 0. The molecule has 0 radical (unpaired) electrons. The lowest BCUT2D eigenvalue weighted by Gasteiger charge is -2.34. The number of para-hydroxylation sites is 1. The predicted molar refractivity (Wildman–Crippen MR) is 103 cm³/mol. The summed E-state index contributed by atoms with van der Waals surface area (Å²) < 4.78 is 5.88. The maximum Gasteiger partial charge on any atom is 0.348 e. The van der Waals surface area contributed by atoms with E-state index in [0.29, 0.717) is 16.3 Å².